The molecular formula is C22H21ClN4O. The predicted octanol–water partition coefficient (Wildman–Crippen LogP) is 4.38. The van der Waals surface area contributed by atoms with Crippen molar-refractivity contribution in [2.75, 3.05) is 42.6 Å². The van der Waals surface area contributed by atoms with Crippen LogP contribution in [0.5, 0.6) is 0 Å². The Bertz CT molecular complexity index is 1050. The van der Waals surface area contributed by atoms with Crippen molar-refractivity contribution in [3.63, 3.8) is 0 Å². The van der Waals surface area contributed by atoms with Gasteiger partial charge < -0.3 is 19.5 Å². The fourth-order valence-electron chi connectivity index (χ4n) is 3.82. The Kier molecular flexibility index (Phi) is 4.55. The number of benzene rings is 1. The quantitative estimate of drug-likeness (QED) is 0.672. The molecule has 2 aliphatic rings. The number of halogens is 1. The van der Waals surface area contributed by atoms with Gasteiger partial charge >= 0.3 is 0 Å². The van der Waals surface area contributed by atoms with Crippen molar-refractivity contribution in [3.8, 4) is 0 Å². The van der Waals surface area contributed by atoms with E-state index in [1.165, 1.54) is 5.69 Å². The predicted molar refractivity (Wildman–Crippen MR) is 115 cm³/mol. The lowest BCUT2D eigenvalue weighted by Crippen LogP contribution is -2.36. The fourth-order valence-corrected chi connectivity index (χ4v) is 4.10. The van der Waals surface area contributed by atoms with Gasteiger partial charge in [0.2, 0.25) is 0 Å². The second kappa shape index (κ2) is 7.34. The van der Waals surface area contributed by atoms with Crippen LogP contribution in [0.4, 0.5) is 11.4 Å². The van der Waals surface area contributed by atoms with Crippen LogP contribution in [0.3, 0.4) is 0 Å². The van der Waals surface area contributed by atoms with E-state index < -0.39 is 0 Å². The van der Waals surface area contributed by atoms with Gasteiger partial charge in [0, 0.05) is 54.4 Å². The molecule has 0 bridgehead atoms. The molecule has 28 heavy (non-hydrogen) atoms. The van der Waals surface area contributed by atoms with E-state index in [1.807, 2.05) is 18.3 Å². The lowest BCUT2D eigenvalue weighted by atomic mass is 10.0. The number of morpholine rings is 1. The third-order valence-corrected chi connectivity index (χ3v) is 5.64. The number of H-pyrrole nitrogens is 1. The van der Waals surface area contributed by atoms with Crippen LogP contribution in [0.15, 0.2) is 66.1 Å². The Morgan fingerprint density at radius 2 is 1.82 bits per heavy atom. The van der Waals surface area contributed by atoms with Crippen LogP contribution in [-0.2, 0) is 4.74 Å². The topological polar surface area (TPSA) is 44.4 Å². The van der Waals surface area contributed by atoms with E-state index in [9.17, 15) is 0 Å². The molecule has 0 spiro atoms. The lowest BCUT2D eigenvalue weighted by molar-refractivity contribution is 0.122. The van der Waals surface area contributed by atoms with E-state index in [2.05, 4.69) is 56.2 Å². The first kappa shape index (κ1) is 17.3. The molecule has 4 heterocycles. The molecule has 1 aromatic carbocycles. The minimum absolute atomic E-state index is 0.717. The molecule has 0 saturated carbocycles. The lowest BCUT2D eigenvalue weighted by Gasteiger charge is -2.30. The highest BCUT2D eigenvalue weighted by Gasteiger charge is 2.18. The van der Waals surface area contributed by atoms with Crippen LogP contribution in [0, 0.1) is 0 Å². The Balaban J connectivity index is 1.36. The zero-order valence-electron chi connectivity index (χ0n) is 15.4. The normalized spacial score (nSPS) is 17.6. The average molecular weight is 393 g/mol. The first-order valence-electron chi connectivity index (χ1n) is 9.50. The van der Waals surface area contributed by atoms with Crippen LogP contribution < -0.4 is 9.80 Å². The maximum absolute atomic E-state index is 6.66. The van der Waals surface area contributed by atoms with Crippen molar-refractivity contribution < 1.29 is 4.74 Å². The van der Waals surface area contributed by atoms with Gasteiger partial charge in [-0.05, 0) is 48.0 Å². The minimum atomic E-state index is 0.717. The van der Waals surface area contributed by atoms with Gasteiger partial charge in [-0.25, -0.2) is 4.98 Å². The van der Waals surface area contributed by atoms with Gasteiger partial charge in [-0.2, -0.15) is 0 Å². The molecule has 5 nitrogen and oxygen atoms in total. The summed E-state index contributed by atoms with van der Waals surface area (Å²) in [5.74, 6) is 0. The molecule has 3 aromatic rings. The zero-order valence-corrected chi connectivity index (χ0v) is 16.2. The van der Waals surface area contributed by atoms with E-state index in [1.54, 1.807) is 6.20 Å². The van der Waals surface area contributed by atoms with Gasteiger partial charge in [0.05, 0.1) is 13.2 Å². The Labute approximate surface area is 168 Å². The summed E-state index contributed by atoms with van der Waals surface area (Å²) in [7, 11) is 0. The van der Waals surface area contributed by atoms with E-state index in [0.717, 1.165) is 65.9 Å². The largest absolute Gasteiger partial charge is 0.378 e. The van der Waals surface area contributed by atoms with Crippen molar-refractivity contribution in [1.82, 2.24) is 9.97 Å². The van der Waals surface area contributed by atoms with Crippen LogP contribution in [-0.4, -0.2) is 42.8 Å². The maximum atomic E-state index is 6.66. The molecule has 5 rings (SSSR count). The van der Waals surface area contributed by atoms with Crippen molar-refractivity contribution in [1.29, 1.82) is 0 Å². The molecule has 142 valence electrons. The van der Waals surface area contributed by atoms with Crippen molar-refractivity contribution in [2.24, 2.45) is 0 Å². The first-order chi connectivity index (χ1) is 13.8. The summed E-state index contributed by atoms with van der Waals surface area (Å²) < 4.78 is 5.43. The average Bonchev–Trinajstić information content (AvgIpc) is 3.19. The molecule has 0 radical (unpaired) electrons. The highest BCUT2D eigenvalue weighted by Crippen LogP contribution is 2.33. The third kappa shape index (κ3) is 3.17. The van der Waals surface area contributed by atoms with Crippen molar-refractivity contribution in [2.45, 2.75) is 0 Å². The molecule has 2 aliphatic heterocycles. The van der Waals surface area contributed by atoms with E-state index in [4.69, 9.17) is 16.3 Å². The summed E-state index contributed by atoms with van der Waals surface area (Å²) in [6.07, 6.45) is 8.02. The fraction of sp³-hybridized carbons (Fsp3) is 0.227. The van der Waals surface area contributed by atoms with Gasteiger partial charge in [-0.15, -0.1) is 0 Å². The zero-order chi connectivity index (χ0) is 18.9. The minimum Gasteiger partial charge on any atom is -0.378 e. The molecule has 0 amide bonds. The smallest absolute Gasteiger partial charge is 0.137 e. The highest BCUT2D eigenvalue weighted by atomic mass is 35.5. The van der Waals surface area contributed by atoms with Crippen LogP contribution in [0.2, 0.25) is 0 Å². The molecule has 1 saturated heterocycles. The molecule has 2 aromatic heterocycles. The van der Waals surface area contributed by atoms with E-state index in [0.29, 0.717) is 0 Å². The molecule has 0 unspecified atom stereocenters. The van der Waals surface area contributed by atoms with Crippen LogP contribution in [0.1, 0.15) is 5.56 Å². The number of allylic oxidation sites excluding steroid dienone is 2. The molecular weight excluding hydrogens is 372 g/mol. The van der Waals surface area contributed by atoms with Gasteiger partial charge in [0.15, 0.2) is 0 Å². The summed E-state index contributed by atoms with van der Waals surface area (Å²) in [4.78, 5) is 12.1. The SMILES string of the molecule is ClC1=CC(c2c[nH]c3ncccc23)=CCN1c1ccc(N2CCOCC2)cc1. The van der Waals surface area contributed by atoms with Gasteiger partial charge in [0.1, 0.15) is 10.8 Å². The van der Waals surface area contributed by atoms with Crippen molar-refractivity contribution >= 4 is 39.6 Å². The summed E-state index contributed by atoms with van der Waals surface area (Å²) in [5, 5.41) is 1.83. The highest BCUT2D eigenvalue weighted by molar-refractivity contribution is 6.32. The summed E-state index contributed by atoms with van der Waals surface area (Å²) in [6, 6.07) is 12.6. The number of nitrogens with one attached hydrogen (secondary N) is 1. The number of ether oxygens (including phenoxy) is 1. The maximum Gasteiger partial charge on any atom is 0.137 e. The Morgan fingerprint density at radius 1 is 1.04 bits per heavy atom. The molecule has 1 N–H and O–H groups in total. The standard InChI is InChI=1S/C22H21ClN4O/c23-21-14-16(20-15-25-22-19(20)2-1-8-24-22)7-9-27(21)18-5-3-17(4-6-18)26-10-12-28-13-11-26/h1-8,14-15H,9-13H2,(H,24,25). The summed E-state index contributed by atoms with van der Waals surface area (Å²) in [6.45, 7) is 4.19. The number of fused-ring (bicyclic) bond motifs is 1. The Hall–Kier alpha value is -2.76. The number of pyridine rings is 1. The number of rotatable bonds is 3. The molecule has 1 fully saturated rings. The second-order valence-electron chi connectivity index (χ2n) is 6.95. The monoisotopic (exact) mass is 392 g/mol. The van der Waals surface area contributed by atoms with Gasteiger partial charge in [-0.1, -0.05) is 17.7 Å². The molecule has 0 aliphatic carbocycles. The number of hydrogen-bond acceptors (Lipinski definition) is 4. The number of anilines is 2. The summed E-state index contributed by atoms with van der Waals surface area (Å²) in [5.41, 5.74) is 5.46. The van der Waals surface area contributed by atoms with Crippen LogP contribution >= 0.6 is 11.6 Å². The second-order valence-corrected chi connectivity index (χ2v) is 7.34. The van der Waals surface area contributed by atoms with Crippen LogP contribution in [0.25, 0.3) is 16.6 Å². The number of nitrogens with zero attached hydrogens (tertiary/aromatic N) is 3. The third-order valence-electron chi connectivity index (χ3n) is 5.33. The van der Waals surface area contributed by atoms with Gasteiger partial charge in [-0.3, -0.25) is 0 Å². The number of hydrogen-bond donors (Lipinski definition) is 1. The summed E-state index contributed by atoms with van der Waals surface area (Å²) >= 11 is 6.66. The van der Waals surface area contributed by atoms with Gasteiger partial charge in [0.25, 0.3) is 0 Å². The Morgan fingerprint density at radius 3 is 2.61 bits per heavy atom. The van der Waals surface area contributed by atoms with E-state index >= 15 is 0 Å². The number of aromatic amines is 1. The van der Waals surface area contributed by atoms with E-state index in [-0.39, 0.29) is 0 Å². The first-order valence-corrected chi connectivity index (χ1v) is 9.87. The molecule has 0 atom stereocenters. The molecule has 6 heteroatoms. The van der Waals surface area contributed by atoms with Crippen molar-refractivity contribution in [3.05, 3.63) is 71.7 Å². The number of aromatic nitrogens is 2.